The number of halogens is 1. The van der Waals surface area contributed by atoms with Crippen LogP contribution in [0.5, 0.6) is 0 Å². The molecule has 1 aliphatic heterocycles. The Kier molecular flexibility index (Phi) is 9.01. The first kappa shape index (κ1) is 22.0. The first-order valence-corrected chi connectivity index (χ1v) is 9.91. The van der Waals surface area contributed by atoms with E-state index in [9.17, 15) is 14.4 Å². The quantitative estimate of drug-likeness (QED) is 0.594. The van der Waals surface area contributed by atoms with Gasteiger partial charge >= 0.3 is 5.97 Å². The van der Waals surface area contributed by atoms with E-state index in [0.29, 0.717) is 24.4 Å². The van der Waals surface area contributed by atoms with Crippen molar-refractivity contribution in [2.24, 2.45) is 11.8 Å². The average molecular weight is 407 g/mol. The van der Waals surface area contributed by atoms with Crippen LogP contribution in [0.2, 0.25) is 5.02 Å². The summed E-state index contributed by atoms with van der Waals surface area (Å²) in [6.45, 7) is 2.75. The SMILES string of the molecule is CC1C/C=C/C[C@H](CC(=O)NCc2ccc(Cl)cc2)C(=O)NCCOC(=O)C1. The zero-order valence-corrected chi connectivity index (χ0v) is 16.8. The lowest BCUT2D eigenvalue weighted by atomic mass is 9.98. The molecular weight excluding hydrogens is 380 g/mol. The molecule has 2 N–H and O–H groups in total. The Morgan fingerprint density at radius 1 is 1.21 bits per heavy atom. The van der Waals surface area contributed by atoms with Crippen LogP contribution in [-0.4, -0.2) is 30.9 Å². The topological polar surface area (TPSA) is 84.5 Å². The van der Waals surface area contributed by atoms with E-state index in [0.717, 1.165) is 12.0 Å². The zero-order valence-electron chi connectivity index (χ0n) is 16.1. The molecule has 0 radical (unpaired) electrons. The number of esters is 1. The third-order valence-corrected chi connectivity index (χ3v) is 4.76. The van der Waals surface area contributed by atoms with Gasteiger partial charge in [0.15, 0.2) is 0 Å². The standard InChI is InChI=1S/C21H27ClN2O4/c1-15-4-2-3-5-17(21(27)23-10-11-28-20(26)12-15)13-19(25)24-14-16-6-8-18(22)9-7-16/h2-3,6-9,15,17H,4-5,10-14H2,1H3,(H,23,27)(H,24,25)/b3-2+/t15?,17-/m1/s1. The molecule has 0 aromatic heterocycles. The maximum absolute atomic E-state index is 12.4. The molecule has 2 rings (SSSR count). The maximum atomic E-state index is 12.4. The van der Waals surface area contributed by atoms with Crippen molar-refractivity contribution >= 4 is 29.4 Å². The van der Waals surface area contributed by atoms with Gasteiger partial charge in [0.25, 0.3) is 0 Å². The molecule has 7 heteroatoms. The smallest absolute Gasteiger partial charge is 0.306 e. The summed E-state index contributed by atoms with van der Waals surface area (Å²) < 4.78 is 5.12. The molecule has 0 fully saturated rings. The van der Waals surface area contributed by atoms with Gasteiger partial charge < -0.3 is 15.4 Å². The van der Waals surface area contributed by atoms with Crippen LogP contribution in [0.25, 0.3) is 0 Å². The van der Waals surface area contributed by atoms with Crippen LogP contribution in [-0.2, 0) is 25.7 Å². The number of allylic oxidation sites excluding steroid dienone is 2. The summed E-state index contributed by atoms with van der Waals surface area (Å²) in [4.78, 5) is 36.4. The number of cyclic esters (lactones) is 1. The number of benzene rings is 1. The van der Waals surface area contributed by atoms with E-state index in [-0.39, 0.29) is 43.3 Å². The summed E-state index contributed by atoms with van der Waals surface area (Å²) in [6.07, 6.45) is 5.53. The van der Waals surface area contributed by atoms with Crippen molar-refractivity contribution in [2.75, 3.05) is 13.2 Å². The number of hydrogen-bond donors (Lipinski definition) is 2. The molecule has 1 aromatic carbocycles. The van der Waals surface area contributed by atoms with E-state index < -0.39 is 5.92 Å². The Balaban J connectivity index is 1.90. The second-order valence-electron chi connectivity index (χ2n) is 7.07. The van der Waals surface area contributed by atoms with Crippen molar-refractivity contribution in [1.29, 1.82) is 0 Å². The predicted octanol–water partition coefficient (Wildman–Crippen LogP) is 3.00. The summed E-state index contributed by atoms with van der Waals surface area (Å²) in [7, 11) is 0. The zero-order chi connectivity index (χ0) is 20.4. The maximum Gasteiger partial charge on any atom is 0.306 e. The van der Waals surface area contributed by atoms with Gasteiger partial charge in [-0.15, -0.1) is 0 Å². The molecule has 6 nitrogen and oxygen atoms in total. The van der Waals surface area contributed by atoms with Crippen molar-refractivity contribution < 1.29 is 19.1 Å². The molecule has 0 spiro atoms. The molecule has 28 heavy (non-hydrogen) atoms. The lowest BCUT2D eigenvalue weighted by Crippen LogP contribution is -2.36. The summed E-state index contributed by atoms with van der Waals surface area (Å²) >= 11 is 5.86. The minimum atomic E-state index is -0.465. The van der Waals surface area contributed by atoms with E-state index in [2.05, 4.69) is 10.6 Å². The van der Waals surface area contributed by atoms with E-state index in [1.165, 1.54) is 0 Å². The fourth-order valence-electron chi connectivity index (χ4n) is 2.88. The monoisotopic (exact) mass is 406 g/mol. The van der Waals surface area contributed by atoms with Crippen LogP contribution >= 0.6 is 11.6 Å². The number of nitrogens with one attached hydrogen (secondary N) is 2. The van der Waals surface area contributed by atoms with Crippen molar-refractivity contribution in [1.82, 2.24) is 10.6 Å². The molecule has 1 unspecified atom stereocenters. The van der Waals surface area contributed by atoms with Gasteiger partial charge in [0, 0.05) is 24.4 Å². The molecule has 152 valence electrons. The second kappa shape index (κ2) is 11.5. The highest BCUT2D eigenvalue weighted by Gasteiger charge is 2.21. The normalized spacial score (nSPS) is 22.6. The molecule has 2 amide bonds. The highest BCUT2D eigenvalue weighted by molar-refractivity contribution is 6.30. The van der Waals surface area contributed by atoms with E-state index in [1.54, 1.807) is 12.1 Å². The molecule has 1 aliphatic rings. The minimum absolute atomic E-state index is 0.0963. The fraction of sp³-hybridized carbons (Fsp3) is 0.476. The van der Waals surface area contributed by atoms with Gasteiger partial charge in [-0.05, 0) is 36.5 Å². The van der Waals surface area contributed by atoms with E-state index >= 15 is 0 Å². The van der Waals surface area contributed by atoms with Crippen molar-refractivity contribution in [3.63, 3.8) is 0 Å². The van der Waals surface area contributed by atoms with Gasteiger partial charge in [-0.25, -0.2) is 0 Å². The first-order valence-electron chi connectivity index (χ1n) is 9.53. The predicted molar refractivity (Wildman–Crippen MR) is 108 cm³/mol. The lowest BCUT2D eigenvalue weighted by Gasteiger charge is -2.15. The van der Waals surface area contributed by atoms with Gasteiger partial charge in [-0.1, -0.05) is 42.8 Å². The van der Waals surface area contributed by atoms with Gasteiger partial charge in [0.2, 0.25) is 11.8 Å². The molecule has 0 bridgehead atoms. The van der Waals surface area contributed by atoms with Crippen LogP contribution in [0, 0.1) is 11.8 Å². The first-order chi connectivity index (χ1) is 13.4. The van der Waals surface area contributed by atoms with E-state index in [1.807, 2.05) is 31.2 Å². The Labute approximate surface area is 170 Å². The van der Waals surface area contributed by atoms with Gasteiger partial charge in [0.05, 0.1) is 12.5 Å². The molecule has 1 heterocycles. The Bertz CT molecular complexity index is 703. The summed E-state index contributed by atoms with van der Waals surface area (Å²) in [5.41, 5.74) is 0.938. The molecule has 1 aromatic rings. The highest BCUT2D eigenvalue weighted by Crippen LogP contribution is 2.15. The van der Waals surface area contributed by atoms with Crippen molar-refractivity contribution in [2.45, 2.75) is 39.2 Å². The number of amides is 2. The fourth-order valence-corrected chi connectivity index (χ4v) is 3.01. The molecule has 2 atom stereocenters. The van der Waals surface area contributed by atoms with E-state index in [4.69, 9.17) is 16.3 Å². The van der Waals surface area contributed by atoms with Crippen LogP contribution in [0.3, 0.4) is 0 Å². The van der Waals surface area contributed by atoms with Crippen molar-refractivity contribution in [3.8, 4) is 0 Å². The number of carbonyl (C=O) groups excluding carboxylic acids is 3. The third-order valence-electron chi connectivity index (χ3n) is 4.51. The Morgan fingerprint density at radius 3 is 2.68 bits per heavy atom. The molecular formula is C21H27ClN2O4. The van der Waals surface area contributed by atoms with Crippen LogP contribution in [0.1, 0.15) is 38.2 Å². The van der Waals surface area contributed by atoms with Gasteiger partial charge in [0.1, 0.15) is 6.61 Å². The molecule has 0 aliphatic carbocycles. The Morgan fingerprint density at radius 2 is 1.93 bits per heavy atom. The molecule has 0 saturated carbocycles. The van der Waals surface area contributed by atoms with Crippen LogP contribution < -0.4 is 10.6 Å². The second-order valence-corrected chi connectivity index (χ2v) is 7.50. The third kappa shape index (κ3) is 8.13. The number of carbonyl (C=O) groups is 3. The summed E-state index contributed by atoms with van der Waals surface area (Å²) in [6, 6.07) is 7.23. The van der Waals surface area contributed by atoms with Gasteiger partial charge in [-0.3, -0.25) is 14.4 Å². The Hall–Kier alpha value is -2.34. The number of hydrogen-bond acceptors (Lipinski definition) is 4. The summed E-state index contributed by atoms with van der Waals surface area (Å²) in [5.74, 6) is -0.947. The van der Waals surface area contributed by atoms with Gasteiger partial charge in [-0.2, -0.15) is 0 Å². The largest absolute Gasteiger partial charge is 0.464 e. The highest BCUT2D eigenvalue weighted by atomic mass is 35.5. The average Bonchev–Trinajstić information content (AvgIpc) is 2.67. The van der Waals surface area contributed by atoms with Crippen LogP contribution in [0.15, 0.2) is 36.4 Å². The molecule has 0 saturated heterocycles. The van der Waals surface area contributed by atoms with Crippen molar-refractivity contribution in [3.05, 3.63) is 47.0 Å². The summed E-state index contributed by atoms with van der Waals surface area (Å²) in [5, 5.41) is 6.22. The number of rotatable bonds is 4. The van der Waals surface area contributed by atoms with Crippen LogP contribution in [0.4, 0.5) is 0 Å². The number of ether oxygens (including phenoxy) is 1. The minimum Gasteiger partial charge on any atom is -0.464 e. The lowest BCUT2D eigenvalue weighted by molar-refractivity contribution is -0.145.